The minimum Gasteiger partial charge on any atom is -0.396 e. The zero-order valence-electron chi connectivity index (χ0n) is 26.5. The van der Waals surface area contributed by atoms with Crippen molar-refractivity contribution in [2.45, 2.75) is 127 Å². The molecule has 7 unspecified atom stereocenters. The van der Waals surface area contributed by atoms with E-state index in [4.69, 9.17) is 4.74 Å². The lowest BCUT2D eigenvalue weighted by atomic mass is 9.71. The Morgan fingerprint density at radius 2 is 1.65 bits per heavy atom. The van der Waals surface area contributed by atoms with E-state index in [1.165, 1.54) is 62.5 Å². The van der Waals surface area contributed by atoms with Crippen molar-refractivity contribution in [3.63, 3.8) is 0 Å². The molecule has 2 heteroatoms. The maximum atomic E-state index is 9.56. The summed E-state index contributed by atoms with van der Waals surface area (Å²) in [6.45, 7) is 22.2. The number of aliphatic hydroxyl groups is 1. The molecule has 1 rings (SSSR count). The first-order valence-electron chi connectivity index (χ1n) is 15.8. The van der Waals surface area contributed by atoms with Gasteiger partial charge in [-0.15, -0.1) is 0 Å². The van der Waals surface area contributed by atoms with Crippen LogP contribution in [-0.4, -0.2) is 25.4 Å². The predicted molar refractivity (Wildman–Crippen MR) is 164 cm³/mol. The maximum Gasteiger partial charge on any atom is 0.0512 e. The van der Waals surface area contributed by atoms with Gasteiger partial charge in [-0.3, -0.25) is 0 Å². The molecule has 7 atom stereocenters. The van der Waals surface area contributed by atoms with Crippen LogP contribution in [0.1, 0.15) is 127 Å². The van der Waals surface area contributed by atoms with E-state index < -0.39 is 0 Å². The first-order valence-corrected chi connectivity index (χ1v) is 15.8. The summed E-state index contributed by atoms with van der Waals surface area (Å²) in [4.78, 5) is 0. The van der Waals surface area contributed by atoms with Crippen molar-refractivity contribution >= 4 is 0 Å². The van der Waals surface area contributed by atoms with Crippen molar-refractivity contribution < 1.29 is 9.84 Å². The van der Waals surface area contributed by atoms with E-state index in [0.717, 1.165) is 30.6 Å². The van der Waals surface area contributed by atoms with Crippen LogP contribution in [0.4, 0.5) is 0 Å². The number of hydrogen-bond acceptors (Lipinski definition) is 2. The van der Waals surface area contributed by atoms with E-state index in [1.54, 1.807) is 18.3 Å². The normalized spacial score (nSPS) is 23.6. The average molecular weight is 517 g/mol. The van der Waals surface area contributed by atoms with Gasteiger partial charge in [-0.25, -0.2) is 0 Å². The highest BCUT2D eigenvalue weighted by molar-refractivity contribution is 5.29. The molecule has 37 heavy (non-hydrogen) atoms. The molecule has 0 saturated carbocycles. The lowest BCUT2D eigenvalue weighted by Gasteiger charge is -2.34. The highest BCUT2D eigenvalue weighted by Crippen LogP contribution is 2.41. The SMILES string of the molecule is CC/C(=C\C(C)=C(/C)CC)C1CCC(C(C)CCC(C)C(C)CCC(C)CC(CO)COC)=CC1CC. The summed E-state index contributed by atoms with van der Waals surface area (Å²) >= 11 is 0. The van der Waals surface area contributed by atoms with Gasteiger partial charge in [-0.2, -0.15) is 0 Å². The molecule has 1 aliphatic carbocycles. The molecule has 0 saturated heterocycles. The van der Waals surface area contributed by atoms with Gasteiger partial charge in [-0.1, -0.05) is 95.8 Å². The Balaban J connectivity index is 2.65. The molecule has 0 heterocycles. The molecule has 2 nitrogen and oxygen atoms in total. The van der Waals surface area contributed by atoms with Gasteiger partial charge in [-0.05, 0) is 101 Å². The first kappa shape index (κ1) is 34.2. The maximum absolute atomic E-state index is 9.56. The van der Waals surface area contributed by atoms with E-state index in [9.17, 15) is 5.11 Å². The summed E-state index contributed by atoms with van der Waals surface area (Å²) < 4.78 is 5.26. The van der Waals surface area contributed by atoms with E-state index in [-0.39, 0.29) is 12.5 Å². The van der Waals surface area contributed by atoms with Crippen LogP contribution in [0.3, 0.4) is 0 Å². The van der Waals surface area contributed by atoms with Crippen LogP contribution in [0.25, 0.3) is 0 Å². The monoisotopic (exact) mass is 516 g/mol. The van der Waals surface area contributed by atoms with Gasteiger partial charge in [0.25, 0.3) is 0 Å². The quantitative estimate of drug-likeness (QED) is 0.145. The third-order valence-electron chi connectivity index (χ3n) is 9.82. The van der Waals surface area contributed by atoms with Crippen molar-refractivity contribution in [2.24, 2.45) is 41.4 Å². The summed E-state index contributed by atoms with van der Waals surface area (Å²) in [6.07, 6.45) is 17.7. The Hall–Kier alpha value is -0.860. The zero-order chi connectivity index (χ0) is 28.0. The zero-order valence-corrected chi connectivity index (χ0v) is 26.5. The molecule has 0 aromatic rings. The predicted octanol–water partition coefficient (Wildman–Crippen LogP) is 10.2. The van der Waals surface area contributed by atoms with Gasteiger partial charge in [0.2, 0.25) is 0 Å². The van der Waals surface area contributed by atoms with Gasteiger partial charge in [0.1, 0.15) is 0 Å². The van der Waals surface area contributed by atoms with Crippen molar-refractivity contribution in [2.75, 3.05) is 20.3 Å². The minimum atomic E-state index is 0.239. The molecule has 1 N–H and O–H groups in total. The number of ether oxygens (including phenoxy) is 1. The smallest absolute Gasteiger partial charge is 0.0512 e. The number of aliphatic hydroxyl groups excluding tert-OH is 1. The minimum absolute atomic E-state index is 0.239. The molecule has 0 spiro atoms. The lowest BCUT2D eigenvalue weighted by molar-refractivity contribution is 0.0944. The van der Waals surface area contributed by atoms with Crippen LogP contribution in [0.2, 0.25) is 0 Å². The summed E-state index contributed by atoms with van der Waals surface area (Å²) in [5.41, 5.74) is 6.41. The van der Waals surface area contributed by atoms with Crippen molar-refractivity contribution in [3.05, 3.63) is 34.4 Å². The molecule has 216 valence electrons. The largest absolute Gasteiger partial charge is 0.396 e. The van der Waals surface area contributed by atoms with Crippen LogP contribution in [0.5, 0.6) is 0 Å². The van der Waals surface area contributed by atoms with Gasteiger partial charge >= 0.3 is 0 Å². The van der Waals surface area contributed by atoms with Crippen LogP contribution >= 0.6 is 0 Å². The molecule has 0 aromatic carbocycles. The Morgan fingerprint density at radius 3 is 2.19 bits per heavy atom. The van der Waals surface area contributed by atoms with E-state index >= 15 is 0 Å². The topological polar surface area (TPSA) is 29.5 Å². The summed E-state index contributed by atoms with van der Waals surface area (Å²) in [5, 5.41) is 9.56. The average Bonchev–Trinajstić information content (AvgIpc) is 2.91. The van der Waals surface area contributed by atoms with Crippen molar-refractivity contribution in [3.8, 4) is 0 Å². The fourth-order valence-electron chi connectivity index (χ4n) is 6.37. The van der Waals surface area contributed by atoms with Crippen LogP contribution in [-0.2, 0) is 4.74 Å². The Labute approximate surface area is 232 Å². The Morgan fingerprint density at radius 1 is 1.00 bits per heavy atom. The lowest BCUT2D eigenvalue weighted by Crippen LogP contribution is -2.22. The molecule has 0 aliphatic heterocycles. The van der Waals surface area contributed by atoms with Gasteiger partial charge in [0.15, 0.2) is 0 Å². The fraction of sp³-hybridized carbons (Fsp3) is 0.829. The van der Waals surface area contributed by atoms with Gasteiger partial charge in [0, 0.05) is 19.6 Å². The second-order valence-electron chi connectivity index (χ2n) is 12.7. The van der Waals surface area contributed by atoms with Crippen LogP contribution < -0.4 is 0 Å². The summed E-state index contributed by atoms with van der Waals surface area (Å²) in [6, 6.07) is 0. The van der Waals surface area contributed by atoms with Crippen molar-refractivity contribution in [1.82, 2.24) is 0 Å². The van der Waals surface area contributed by atoms with E-state index in [1.807, 2.05) is 0 Å². The molecule has 0 radical (unpaired) electrons. The molecule has 0 fully saturated rings. The Kier molecular flexibility index (Phi) is 17.0. The highest BCUT2D eigenvalue weighted by atomic mass is 16.5. The Bertz CT molecular complexity index is 715. The summed E-state index contributed by atoms with van der Waals surface area (Å²) in [7, 11) is 1.73. The molecule has 0 aromatic heterocycles. The van der Waals surface area contributed by atoms with Crippen LogP contribution in [0, 0.1) is 41.4 Å². The third kappa shape index (κ3) is 11.8. The molecular weight excluding hydrogens is 452 g/mol. The molecule has 0 amide bonds. The van der Waals surface area contributed by atoms with E-state index in [0.29, 0.717) is 24.4 Å². The summed E-state index contributed by atoms with van der Waals surface area (Å²) in [5.74, 6) is 4.60. The standard InChI is InChI=1S/C35H64O2/c1-11-26(5)30(9)21-32(12-2)35-19-18-34(22-33(35)13-3)29(8)17-16-28(7)27(6)15-14-25(4)20-31(23-36)24-37-10/h21-22,25,27-29,31,33,35-36H,11-20,23-24H2,1-10H3/b30-26+,32-21+. The molecular formula is C35H64O2. The molecule has 0 bridgehead atoms. The number of rotatable bonds is 18. The molecule has 1 aliphatic rings. The highest BCUT2D eigenvalue weighted by Gasteiger charge is 2.28. The van der Waals surface area contributed by atoms with E-state index in [2.05, 4.69) is 74.5 Å². The van der Waals surface area contributed by atoms with Gasteiger partial charge < -0.3 is 9.84 Å². The van der Waals surface area contributed by atoms with Crippen molar-refractivity contribution in [1.29, 1.82) is 0 Å². The van der Waals surface area contributed by atoms with Crippen LogP contribution in [0.15, 0.2) is 34.4 Å². The second kappa shape index (κ2) is 18.4. The number of hydrogen-bond donors (Lipinski definition) is 1. The number of allylic oxidation sites excluding steroid dienone is 6. The second-order valence-corrected chi connectivity index (χ2v) is 12.7. The van der Waals surface area contributed by atoms with Gasteiger partial charge in [0.05, 0.1) is 6.61 Å². The first-order chi connectivity index (χ1) is 17.6. The third-order valence-corrected chi connectivity index (χ3v) is 9.82. The number of methoxy groups -OCH3 is 1. The fourth-order valence-corrected chi connectivity index (χ4v) is 6.37.